The van der Waals surface area contributed by atoms with Gasteiger partial charge in [-0.15, -0.1) is 0 Å². The molecule has 0 aliphatic carbocycles. The molecule has 0 aromatic heterocycles. The largest absolute Gasteiger partial charge is 0.465 e. The van der Waals surface area contributed by atoms with E-state index in [0.29, 0.717) is 11.1 Å². The Morgan fingerprint density at radius 3 is 2.00 bits per heavy atom. The number of benzene rings is 1. The van der Waals surface area contributed by atoms with E-state index in [4.69, 9.17) is 0 Å². The maximum Gasteiger partial charge on any atom is 0.337 e. The van der Waals surface area contributed by atoms with E-state index < -0.39 is 5.97 Å². The summed E-state index contributed by atoms with van der Waals surface area (Å²) in [5.74, 6) is -0.396. The third kappa shape index (κ3) is 2.51. The fraction of sp³-hybridized carbons (Fsp3) is 0.111. The van der Waals surface area contributed by atoms with Crippen LogP contribution in [0.4, 0.5) is 0 Å². The van der Waals surface area contributed by atoms with Gasteiger partial charge in [0.05, 0.1) is 12.7 Å². The summed E-state index contributed by atoms with van der Waals surface area (Å²) in [6.45, 7) is 0. The summed E-state index contributed by atoms with van der Waals surface area (Å²) in [6, 6.07) is 6.33. The van der Waals surface area contributed by atoms with Gasteiger partial charge in [0.25, 0.3) is 0 Å². The fourth-order valence-electron chi connectivity index (χ4n) is 0.855. The third-order valence-corrected chi connectivity index (χ3v) is 2.16. The highest BCUT2D eigenvalue weighted by Gasteiger charge is 2.05. The predicted molar refractivity (Wildman–Crippen MR) is 56.1 cm³/mol. The molecule has 0 aliphatic heterocycles. The molecule has 0 fully saturated rings. The lowest BCUT2D eigenvalue weighted by Crippen LogP contribution is -2.01. The first kappa shape index (κ1) is 10.2. The van der Waals surface area contributed by atoms with E-state index in [1.54, 1.807) is 46.9 Å². The second kappa shape index (κ2) is 4.36. The molecule has 0 saturated carbocycles. The summed E-state index contributed by atoms with van der Waals surface area (Å²) in [5, 5.41) is 0. The van der Waals surface area contributed by atoms with Gasteiger partial charge in [0.1, 0.15) is 0 Å². The average Bonchev–Trinajstić information content (AvgIpc) is 2.17. The zero-order valence-corrected chi connectivity index (χ0v) is 9.07. The van der Waals surface area contributed by atoms with Gasteiger partial charge in [0.15, 0.2) is 0 Å². The summed E-state index contributed by atoms with van der Waals surface area (Å²) in [6.07, 6.45) is 0. The lowest BCUT2D eigenvalue weighted by molar-refractivity contribution is 0.0600. The quantitative estimate of drug-likeness (QED) is 0.475. The van der Waals surface area contributed by atoms with Crippen LogP contribution < -0.4 is 0 Å². The number of ether oxygens (including phenoxy) is 1. The van der Waals surface area contributed by atoms with Crippen molar-refractivity contribution in [3.8, 4) is 0 Å². The first-order valence-electron chi connectivity index (χ1n) is 3.53. The zero-order valence-electron chi connectivity index (χ0n) is 6.91. The molecule has 0 spiro atoms. The molecule has 0 N–H and O–H groups in total. The first-order valence-corrected chi connectivity index (χ1v) is 4.61. The summed E-state index contributed by atoms with van der Waals surface area (Å²) in [5.41, 5.74) is 1.03. The highest BCUT2D eigenvalue weighted by molar-refractivity contribution is 14.1. The van der Waals surface area contributed by atoms with Crippen LogP contribution in [-0.4, -0.2) is 16.9 Å². The Bertz CT molecular complexity index is 329. The maximum absolute atomic E-state index is 11.0. The van der Waals surface area contributed by atoms with Crippen LogP contribution in [0.3, 0.4) is 0 Å². The van der Waals surface area contributed by atoms with E-state index in [-0.39, 0.29) is 3.79 Å². The predicted octanol–water partition coefficient (Wildman–Crippen LogP) is 2.05. The normalized spacial score (nSPS) is 9.38. The number of esters is 1. The van der Waals surface area contributed by atoms with Crippen molar-refractivity contribution in [3.63, 3.8) is 0 Å². The molecule has 0 radical (unpaired) electrons. The SMILES string of the molecule is COC(=O)c1ccc(C(=O)I)cc1. The second-order valence-electron chi connectivity index (χ2n) is 2.34. The number of halogens is 1. The number of rotatable bonds is 2. The van der Waals surface area contributed by atoms with Gasteiger partial charge in [0.2, 0.25) is 3.79 Å². The van der Waals surface area contributed by atoms with E-state index in [1.165, 1.54) is 7.11 Å². The maximum atomic E-state index is 11.0. The summed E-state index contributed by atoms with van der Waals surface area (Å²) < 4.78 is 4.46. The smallest absolute Gasteiger partial charge is 0.337 e. The van der Waals surface area contributed by atoms with Gasteiger partial charge in [0, 0.05) is 28.2 Å². The Labute approximate surface area is 89.2 Å². The minimum absolute atomic E-state index is 0.0472. The number of carbonyl (C=O) groups is 2. The zero-order chi connectivity index (χ0) is 9.84. The van der Waals surface area contributed by atoms with Crippen LogP contribution >= 0.6 is 22.6 Å². The van der Waals surface area contributed by atoms with Gasteiger partial charge in [-0.25, -0.2) is 4.79 Å². The molecule has 0 aliphatic rings. The monoisotopic (exact) mass is 290 g/mol. The summed E-state index contributed by atoms with van der Waals surface area (Å²) in [4.78, 5) is 21.9. The number of hydrogen-bond donors (Lipinski definition) is 0. The van der Waals surface area contributed by atoms with Gasteiger partial charge in [-0.2, -0.15) is 0 Å². The van der Waals surface area contributed by atoms with Crippen LogP contribution in [0.1, 0.15) is 20.7 Å². The molecular weight excluding hydrogens is 283 g/mol. The van der Waals surface area contributed by atoms with Gasteiger partial charge in [-0.05, 0) is 24.3 Å². The summed E-state index contributed by atoms with van der Waals surface area (Å²) in [7, 11) is 1.32. The lowest BCUT2D eigenvalue weighted by atomic mass is 10.1. The van der Waals surface area contributed by atoms with E-state index in [0.717, 1.165) is 0 Å². The Morgan fingerprint density at radius 1 is 1.15 bits per heavy atom. The van der Waals surface area contributed by atoms with Crippen LogP contribution in [0, 0.1) is 0 Å². The molecule has 0 amide bonds. The minimum atomic E-state index is -0.396. The number of carbonyl (C=O) groups excluding carboxylic acids is 2. The molecule has 0 atom stereocenters. The Hall–Kier alpha value is -0.910. The molecule has 0 unspecified atom stereocenters. The van der Waals surface area contributed by atoms with Crippen LogP contribution in [0.25, 0.3) is 0 Å². The lowest BCUT2D eigenvalue weighted by Gasteiger charge is -1.98. The van der Waals surface area contributed by atoms with Crippen molar-refractivity contribution in [2.24, 2.45) is 0 Å². The molecule has 0 heterocycles. The van der Waals surface area contributed by atoms with E-state index in [9.17, 15) is 9.59 Å². The summed E-state index contributed by atoms with van der Waals surface area (Å²) >= 11 is 1.69. The van der Waals surface area contributed by atoms with E-state index >= 15 is 0 Å². The Morgan fingerprint density at radius 2 is 1.62 bits per heavy atom. The first-order chi connectivity index (χ1) is 6.15. The molecule has 1 aromatic carbocycles. The van der Waals surface area contributed by atoms with Crippen LogP contribution in [0.5, 0.6) is 0 Å². The standard InChI is InChI=1S/C9H7IO3/c1-13-9(12)7-4-2-6(3-5-7)8(10)11/h2-5H,1H3. The van der Waals surface area contributed by atoms with Gasteiger partial charge in [-0.3, -0.25) is 4.79 Å². The molecule has 13 heavy (non-hydrogen) atoms. The number of methoxy groups -OCH3 is 1. The second-order valence-corrected chi connectivity index (χ2v) is 3.32. The highest BCUT2D eigenvalue weighted by atomic mass is 127. The van der Waals surface area contributed by atoms with Gasteiger partial charge < -0.3 is 4.74 Å². The van der Waals surface area contributed by atoms with Crippen molar-refractivity contribution in [2.75, 3.05) is 7.11 Å². The van der Waals surface area contributed by atoms with Crippen molar-refractivity contribution in [1.82, 2.24) is 0 Å². The fourth-order valence-corrected chi connectivity index (χ4v) is 1.21. The molecule has 0 saturated heterocycles. The number of hydrogen-bond acceptors (Lipinski definition) is 3. The van der Waals surface area contributed by atoms with Crippen molar-refractivity contribution in [1.29, 1.82) is 0 Å². The molecule has 4 heteroatoms. The van der Waals surface area contributed by atoms with Crippen LogP contribution in [-0.2, 0) is 4.74 Å². The van der Waals surface area contributed by atoms with Crippen molar-refractivity contribution >= 4 is 32.4 Å². The third-order valence-electron chi connectivity index (χ3n) is 1.53. The minimum Gasteiger partial charge on any atom is -0.465 e. The molecule has 1 rings (SSSR count). The van der Waals surface area contributed by atoms with E-state index in [1.807, 2.05) is 0 Å². The van der Waals surface area contributed by atoms with Crippen LogP contribution in [0.2, 0.25) is 0 Å². The van der Waals surface area contributed by atoms with Crippen molar-refractivity contribution in [3.05, 3.63) is 35.4 Å². The Kier molecular flexibility index (Phi) is 3.41. The van der Waals surface area contributed by atoms with Crippen molar-refractivity contribution < 1.29 is 14.3 Å². The molecular formula is C9H7IO3. The van der Waals surface area contributed by atoms with Crippen molar-refractivity contribution in [2.45, 2.75) is 0 Å². The van der Waals surface area contributed by atoms with Crippen LogP contribution in [0.15, 0.2) is 24.3 Å². The Balaban J connectivity index is 2.93. The molecule has 3 nitrogen and oxygen atoms in total. The highest BCUT2D eigenvalue weighted by Crippen LogP contribution is 2.09. The molecule has 68 valence electrons. The van der Waals surface area contributed by atoms with Gasteiger partial charge in [-0.1, -0.05) is 0 Å². The van der Waals surface area contributed by atoms with E-state index in [2.05, 4.69) is 4.74 Å². The molecule has 0 bridgehead atoms. The van der Waals surface area contributed by atoms with Gasteiger partial charge >= 0.3 is 5.97 Å². The molecule has 1 aromatic rings. The topological polar surface area (TPSA) is 43.4 Å². The average molecular weight is 290 g/mol.